The molecule has 0 amide bonds. The third kappa shape index (κ3) is 7.28. The number of hydrogen-bond donors (Lipinski definition) is 2. The Balaban J connectivity index is 1.95. The molecule has 2 N–H and O–H groups in total. The van der Waals surface area contributed by atoms with Crippen LogP contribution in [0.15, 0.2) is 29.7 Å². The topological polar surface area (TPSA) is 41.5 Å². The van der Waals surface area contributed by atoms with Gasteiger partial charge in [0.2, 0.25) is 0 Å². The number of nitrogens with one attached hydrogen (secondary N) is 1. The number of hydrogen-bond acceptors (Lipinski definition) is 4. The normalized spacial score (nSPS) is 13.3. The Kier molecular flexibility index (Phi) is 7.92. The molecule has 0 aromatic carbocycles. The van der Waals surface area contributed by atoms with E-state index in [0.717, 1.165) is 13.0 Å². The number of thiophene rings is 1. The lowest BCUT2D eigenvalue weighted by Gasteiger charge is -2.11. The highest BCUT2D eigenvalue weighted by Crippen LogP contribution is 2.09. The molecule has 1 heterocycles. The van der Waals surface area contributed by atoms with Crippen molar-refractivity contribution in [3.63, 3.8) is 0 Å². The summed E-state index contributed by atoms with van der Waals surface area (Å²) in [4.78, 5) is 1.19. The Morgan fingerprint density at radius 2 is 2.47 bits per heavy atom. The molecule has 1 atom stereocenters. The van der Waals surface area contributed by atoms with Gasteiger partial charge in [0.25, 0.3) is 0 Å². The van der Waals surface area contributed by atoms with E-state index in [-0.39, 0.29) is 0 Å². The third-order valence-electron chi connectivity index (χ3n) is 2.24. The predicted molar refractivity (Wildman–Crippen MR) is 72.3 cm³/mol. The minimum absolute atomic E-state index is 0.383. The highest BCUT2D eigenvalue weighted by Gasteiger charge is 2.03. The second-order valence-corrected chi connectivity index (χ2v) is 4.84. The fraction of sp³-hybridized carbons (Fsp3) is 0.538. The number of aliphatic hydroxyl groups is 1. The summed E-state index contributed by atoms with van der Waals surface area (Å²) in [5.41, 5.74) is 0. The monoisotopic (exact) mass is 255 g/mol. The quantitative estimate of drug-likeness (QED) is 0.525. The van der Waals surface area contributed by atoms with Gasteiger partial charge in [-0.25, -0.2) is 0 Å². The van der Waals surface area contributed by atoms with Gasteiger partial charge in [0, 0.05) is 11.4 Å². The summed E-state index contributed by atoms with van der Waals surface area (Å²) in [5.74, 6) is 0. The first-order valence-corrected chi connectivity index (χ1v) is 6.81. The molecule has 0 aliphatic heterocycles. The van der Waals surface area contributed by atoms with E-state index in [0.29, 0.717) is 19.8 Å². The Hall–Kier alpha value is -0.680. The average molecular weight is 255 g/mol. The van der Waals surface area contributed by atoms with Gasteiger partial charge in [-0.15, -0.1) is 11.3 Å². The highest BCUT2D eigenvalue weighted by molar-refractivity contribution is 7.09. The molecule has 4 heteroatoms. The Morgan fingerprint density at radius 1 is 1.59 bits per heavy atom. The molecule has 1 aromatic rings. The number of allylic oxidation sites excluding steroid dienone is 1. The zero-order valence-corrected chi connectivity index (χ0v) is 11.1. The molecule has 3 nitrogen and oxygen atoms in total. The molecule has 0 aliphatic carbocycles. The smallest absolute Gasteiger partial charge is 0.0897 e. The van der Waals surface area contributed by atoms with Crippen LogP contribution in [0.2, 0.25) is 0 Å². The van der Waals surface area contributed by atoms with Crippen LogP contribution in [0.4, 0.5) is 0 Å². The van der Waals surface area contributed by atoms with Crippen molar-refractivity contribution >= 4 is 11.3 Å². The maximum Gasteiger partial charge on any atom is 0.0897 e. The van der Waals surface area contributed by atoms with E-state index in [1.54, 1.807) is 11.3 Å². The summed E-state index contributed by atoms with van der Waals surface area (Å²) < 4.78 is 5.42. The molecule has 0 aliphatic rings. The van der Waals surface area contributed by atoms with Gasteiger partial charge in [-0.1, -0.05) is 18.2 Å². The molecule has 96 valence electrons. The maximum absolute atomic E-state index is 9.63. The van der Waals surface area contributed by atoms with Gasteiger partial charge < -0.3 is 15.2 Å². The van der Waals surface area contributed by atoms with Crippen molar-refractivity contribution in [2.45, 2.75) is 26.1 Å². The molecule has 1 aromatic heterocycles. The number of ether oxygens (including phenoxy) is 1. The maximum atomic E-state index is 9.63. The fourth-order valence-electron chi connectivity index (χ4n) is 1.37. The van der Waals surface area contributed by atoms with Gasteiger partial charge in [0.15, 0.2) is 0 Å². The zero-order chi connectivity index (χ0) is 12.3. The molecule has 0 fully saturated rings. The van der Waals surface area contributed by atoms with Crippen molar-refractivity contribution in [2.75, 3.05) is 19.7 Å². The van der Waals surface area contributed by atoms with E-state index in [1.807, 2.05) is 30.5 Å². The molecule has 0 spiro atoms. The van der Waals surface area contributed by atoms with Crippen molar-refractivity contribution in [3.8, 4) is 0 Å². The fourth-order valence-corrected chi connectivity index (χ4v) is 2.01. The number of rotatable bonds is 9. The van der Waals surface area contributed by atoms with Gasteiger partial charge in [-0.2, -0.15) is 0 Å². The van der Waals surface area contributed by atoms with Gasteiger partial charge in [0.1, 0.15) is 0 Å². The van der Waals surface area contributed by atoms with E-state index < -0.39 is 6.10 Å². The minimum Gasteiger partial charge on any atom is -0.389 e. The summed E-state index contributed by atoms with van der Waals surface area (Å²) in [7, 11) is 0. The molecule has 0 saturated carbocycles. The largest absolute Gasteiger partial charge is 0.389 e. The lowest BCUT2D eigenvalue weighted by molar-refractivity contribution is 0.0300. The summed E-state index contributed by atoms with van der Waals surface area (Å²) in [6, 6.07) is 4.04. The molecule has 1 unspecified atom stereocenters. The van der Waals surface area contributed by atoms with E-state index in [9.17, 15) is 5.11 Å². The van der Waals surface area contributed by atoms with Gasteiger partial charge >= 0.3 is 0 Å². The third-order valence-corrected chi connectivity index (χ3v) is 3.09. The summed E-state index contributed by atoms with van der Waals surface area (Å²) in [6.07, 6.45) is 4.70. The van der Waals surface area contributed by atoms with Crippen molar-refractivity contribution in [1.29, 1.82) is 0 Å². The van der Waals surface area contributed by atoms with Crippen LogP contribution in [-0.2, 0) is 11.3 Å². The van der Waals surface area contributed by atoms with Gasteiger partial charge in [-0.3, -0.25) is 0 Å². The Labute approximate surface area is 107 Å². The van der Waals surface area contributed by atoms with Crippen LogP contribution in [0.1, 0.15) is 18.2 Å². The molecule has 0 saturated heterocycles. The SMILES string of the molecule is C/C=C/CCNCC(O)COCc1cccs1. The lowest BCUT2D eigenvalue weighted by Crippen LogP contribution is -2.30. The summed E-state index contributed by atoms with van der Waals surface area (Å²) in [5, 5.41) is 14.8. The van der Waals surface area contributed by atoms with Crippen LogP contribution < -0.4 is 5.32 Å². The molecule has 0 bridgehead atoms. The van der Waals surface area contributed by atoms with Crippen molar-refractivity contribution in [2.24, 2.45) is 0 Å². The first-order valence-electron chi connectivity index (χ1n) is 5.93. The molecule has 1 rings (SSSR count). The van der Waals surface area contributed by atoms with Crippen LogP contribution in [0.5, 0.6) is 0 Å². The van der Waals surface area contributed by atoms with E-state index in [4.69, 9.17) is 4.74 Å². The van der Waals surface area contributed by atoms with Crippen molar-refractivity contribution in [3.05, 3.63) is 34.5 Å². The van der Waals surface area contributed by atoms with Crippen molar-refractivity contribution < 1.29 is 9.84 Å². The standard InChI is InChI=1S/C13H21NO2S/c1-2-3-4-7-14-9-12(15)10-16-11-13-6-5-8-17-13/h2-3,5-6,8,12,14-15H,4,7,9-11H2,1H3/b3-2+. The van der Waals surface area contributed by atoms with Crippen LogP contribution >= 0.6 is 11.3 Å². The van der Waals surface area contributed by atoms with Gasteiger partial charge in [0.05, 0.1) is 19.3 Å². The van der Waals surface area contributed by atoms with Crippen LogP contribution in [-0.4, -0.2) is 30.9 Å². The zero-order valence-electron chi connectivity index (χ0n) is 10.3. The first-order chi connectivity index (χ1) is 8.33. The van der Waals surface area contributed by atoms with Crippen LogP contribution in [0.25, 0.3) is 0 Å². The van der Waals surface area contributed by atoms with Crippen LogP contribution in [0, 0.1) is 0 Å². The van der Waals surface area contributed by atoms with E-state index in [2.05, 4.69) is 11.4 Å². The second-order valence-electron chi connectivity index (χ2n) is 3.81. The van der Waals surface area contributed by atoms with Crippen molar-refractivity contribution in [1.82, 2.24) is 5.32 Å². The molecular weight excluding hydrogens is 234 g/mol. The molecule has 17 heavy (non-hydrogen) atoms. The van der Waals surface area contributed by atoms with E-state index in [1.165, 1.54) is 4.88 Å². The second kappa shape index (κ2) is 9.36. The van der Waals surface area contributed by atoms with E-state index >= 15 is 0 Å². The summed E-state index contributed by atoms with van der Waals surface area (Å²) in [6.45, 7) is 4.46. The minimum atomic E-state index is -0.430. The lowest BCUT2D eigenvalue weighted by atomic mass is 10.3. The summed E-state index contributed by atoms with van der Waals surface area (Å²) >= 11 is 1.67. The predicted octanol–water partition coefficient (Wildman–Crippen LogP) is 2.18. The highest BCUT2D eigenvalue weighted by atomic mass is 32.1. The van der Waals surface area contributed by atoms with Crippen LogP contribution in [0.3, 0.4) is 0 Å². The molecular formula is C13H21NO2S. The van der Waals surface area contributed by atoms with Gasteiger partial charge in [-0.05, 0) is 31.3 Å². The Morgan fingerprint density at radius 3 is 3.18 bits per heavy atom. The molecule has 0 radical (unpaired) electrons. The number of aliphatic hydroxyl groups excluding tert-OH is 1. The first kappa shape index (κ1) is 14.4. The average Bonchev–Trinajstić information content (AvgIpc) is 2.82. The Bertz CT molecular complexity index is 298.